The fourth-order valence-electron chi connectivity index (χ4n) is 2.64. The molecule has 1 fully saturated rings. The Morgan fingerprint density at radius 1 is 1.37 bits per heavy atom. The number of nitrogens with one attached hydrogen (secondary N) is 1. The van der Waals surface area contributed by atoms with E-state index in [4.69, 9.17) is 10.2 Å². The zero-order valence-corrected chi connectivity index (χ0v) is 12.5. The second-order valence-electron chi connectivity index (χ2n) is 5.33. The van der Waals surface area contributed by atoms with E-state index in [1.807, 2.05) is 6.92 Å². The van der Waals surface area contributed by atoms with Crippen molar-refractivity contribution < 1.29 is 12.8 Å². The van der Waals surface area contributed by atoms with Crippen LogP contribution in [0.5, 0.6) is 0 Å². The van der Waals surface area contributed by atoms with Crippen LogP contribution in [0.2, 0.25) is 0 Å². The molecule has 1 aliphatic carbocycles. The molecule has 0 spiro atoms. The second-order valence-corrected chi connectivity index (χ2v) is 6.98. The standard InChI is InChI=1S/C13H22N2O3S/c1-8(11-5-4-6-11)15-19(16,17)13-10(3)18-9(2)12(13)7-14/h8,11,15H,4-7,14H2,1-3H3. The highest BCUT2D eigenvalue weighted by molar-refractivity contribution is 7.89. The topological polar surface area (TPSA) is 85.3 Å². The quantitative estimate of drug-likeness (QED) is 0.864. The molecule has 19 heavy (non-hydrogen) atoms. The van der Waals surface area contributed by atoms with Gasteiger partial charge in [0.25, 0.3) is 0 Å². The fraction of sp³-hybridized carbons (Fsp3) is 0.692. The summed E-state index contributed by atoms with van der Waals surface area (Å²) in [6.45, 7) is 5.49. The van der Waals surface area contributed by atoms with E-state index >= 15 is 0 Å². The highest BCUT2D eigenvalue weighted by Gasteiger charge is 2.31. The van der Waals surface area contributed by atoms with Crippen molar-refractivity contribution in [2.45, 2.75) is 57.5 Å². The zero-order chi connectivity index (χ0) is 14.2. The van der Waals surface area contributed by atoms with Gasteiger partial charge in [0.1, 0.15) is 16.4 Å². The number of hydrogen-bond acceptors (Lipinski definition) is 4. The molecule has 1 aromatic heterocycles. The molecule has 0 bridgehead atoms. The first-order chi connectivity index (χ1) is 8.86. The maximum Gasteiger partial charge on any atom is 0.244 e. The summed E-state index contributed by atoms with van der Waals surface area (Å²) in [5, 5.41) is 0. The molecule has 5 nitrogen and oxygen atoms in total. The number of nitrogens with two attached hydrogens (primary N) is 1. The van der Waals surface area contributed by atoms with E-state index in [0.717, 1.165) is 12.8 Å². The van der Waals surface area contributed by atoms with Gasteiger partial charge in [-0.25, -0.2) is 13.1 Å². The molecule has 0 amide bonds. The van der Waals surface area contributed by atoms with Crippen LogP contribution in [0.15, 0.2) is 9.31 Å². The van der Waals surface area contributed by atoms with E-state index in [0.29, 0.717) is 23.0 Å². The maximum absolute atomic E-state index is 12.5. The average Bonchev–Trinajstić information content (AvgIpc) is 2.49. The van der Waals surface area contributed by atoms with Gasteiger partial charge in [-0.2, -0.15) is 0 Å². The Bertz CT molecular complexity index is 559. The highest BCUT2D eigenvalue weighted by Crippen LogP contribution is 2.31. The summed E-state index contributed by atoms with van der Waals surface area (Å²) in [5.41, 5.74) is 6.21. The molecule has 0 aliphatic heterocycles. The summed E-state index contributed by atoms with van der Waals surface area (Å²) in [5.74, 6) is 1.44. The lowest BCUT2D eigenvalue weighted by molar-refractivity contribution is 0.260. The van der Waals surface area contributed by atoms with Gasteiger partial charge in [0, 0.05) is 18.2 Å². The van der Waals surface area contributed by atoms with E-state index in [2.05, 4.69) is 4.72 Å². The number of sulfonamides is 1. The molecule has 1 heterocycles. The summed E-state index contributed by atoms with van der Waals surface area (Å²) in [6, 6.07) is -0.0426. The van der Waals surface area contributed by atoms with Gasteiger partial charge < -0.3 is 10.2 Å². The minimum Gasteiger partial charge on any atom is -0.465 e. The van der Waals surface area contributed by atoms with E-state index in [1.165, 1.54) is 6.42 Å². The average molecular weight is 286 g/mol. The Kier molecular flexibility index (Phi) is 4.03. The summed E-state index contributed by atoms with van der Waals surface area (Å²) in [6.07, 6.45) is 3.38. The van der Waals surface area contributed by atoms with Gasteiger partial charge in [0.2, 0.25) is 10.0 Å². The number of hydrogen-bond donors (Lipinski definition) is 2. The van der Waals surface area contributed by atoms with Crippen LogP contribution in [0.1, 0.15) is 43.3 Å². The van der Waals surface area contributed by atoms with Crippen molar-refractivity contribution in [1.82, 2.24) is 4.72 Å². The molecule has 1 aromatic rings. The van der Waals surface area contributed by atoms with Crippen LogP contribution in [0.3, 0.4) is 0 Å². The Balaban J connectivity index is 2.28. The molecular formula is C13H22N2O3S. The lowest BCUT2D eigenvalue weighted by Gasteiger charge is -2.31. The number of aryl methyl sites for hydroxylation is 2. The van der Waals surface area contributed by atoms with Crippen LogP contribution in [0.4, 0.5) is 0 Å². The first-order valence-electron chi connectivity index (χ1n) is 6.68. The molecule has 6 heteroatoms. The largest absolute Gasteiger partial charge is 0.465 e. The van der Waals surface area contributed by atoms with E-state index in [1.54, 1.807) is 13.8 Å². The van der Waals surface area contributed by atoms with Crippen molar-refractivity contribution in [3.8, 4) is 0 Å². The third-order valence-corrected chi connectivity index (χ3v) is 5.75. The van der Waals surface area contributed by atoms with Gasteiger partial charge in [0.15, 0.2) is 0 Å². The first-order valence-corrected chi connectivity index (χ1v) is 8.16. The molecule has 0 radical (unpaired) electrons. The summed E-state index contributed by atoms with van der Waals surface area (Å²) < 4.78 is 33.1. The van der Waals surface area contributed by atoms with E-state index in [9.17, 15) is 8.42 Å². The van der Waals surface area contributed by atoms with E-state index in [-0.39, 0.29) is 17.5 Å². The van der Waals surface area contributed by atoms with Crippen LogP contribution >= 0.6 is 0 Å². The monoisotopic (exact) mass is 286 g/mol. The number of rotatable bonds is 5. The van der Waals surface area contributed by atoms with Crippen molar-refractivity contribution in [3.05, 3.63) is 17.1 Å². The summed E-state index contributed by atoms with van der Waals surface area (Å²) in [4.78, 5) is 0.221. The van der Waals surface area contributed by atoms with Crippen LogP contribution < -0.4 is 10.5 Å². The predicted molar refractivity (Wildman–Crippen MR) is 73.2 cm³/mol. The fourth-order valence-corrected chi connectivity index (χ4v) is 4.41. The molecular weight excluding hydrogens is 264 g/mol. The molecule has 3 N–H and O–H groups in total. The third-order valence-electron chi connectivity index (χ3n) is 4.00. The van der Waals surface area contributed by atoms with Crippen LogP contribution in [-0.4, -0.2) is 14.5 Å². The molecule has 1 aliphatic rings. The first kappa shape index (κ1) is 14.6. The normalized spacial score (nSPS) is 18.3. The zero-order valence-electron chi connectivity index (χ0n) is 11.7. The Labute approximate surface area is 114 Å². The lowest BCUT2D eigenvalue weighted by atomic mass is 9.81. The summed E-state index contributed by atoms with van der Waals surface area (Å²) in [7, 11) is -3.56. The number of furan rings is 1. The molecule has 2 rings (SSSR count). The van der Waals surface area contributed by atoms with Crippen molar-refractivity contribution >= 4 is 10.0 Å². The van der Waals surface area contributed by atoms with Crippen LogP contribution in [0.25, 0.3) is 0 Å². The minimum absolute atomic E-state index is 0.0426. The van der Waals surface area contributed by atoms with Crippen LogP contribution in [0, 0.1) is 19.8 Å². The van der Waals surface area contributed by atoms with Crippen molar-refractivity contribution in [2.75, 3.05) is 0 Å². The maximum atomic E-state index is 12.5. The SMILES string of the molecule is Cc1oc(C)c(S(=O)(=O)NC(C)C2CCC2)c1CN. The second kappa shape index (κ2) is 5.26. The molecule has 108 valence electrons. The smallest absolute Gasteiger partial charge is 0.244 e. The lowest BCUT2D eigenvalue weighted by Crippen LogP contribution is -2.41. The van der Waals surface area contributed by atoms with Gasteiger partial charge in [-0.3, -0.25) is 0 Å². The predicted octanol–water partition coefficient (Wildman–Crippen LogP) is 1.82. The Hall–Kier alpha value is -0.850. The van der Waals surface area contributed by atoms with Crippen molar-refractivity contribution in [2.24, 2.45) is 11.7 Å². The minimum atomic E-state index is -3.56. The van der Waals surface area contributed by atoms with E-state index < -0.39 is 10.0 Å². The Morgan fingerprint density at radius 2 is 2.00 bits per heavy atom. The molecule has 0 saturated heterocycles. The van der Waals surface area contributed by atoms with Crippen molar-refractivity contribution in [1.29, 1.82) is 0 Å². The van der Waals surface area contributed by atoms with Gasteiger partial charge in [0.05, 0.1) is 0 Å². The molecule has 0 aromatic carbocycles. The van der Waals surface area contributed by atoms with Gasteiger partial charge in [-0.1, -0.05) is 6.42 Å². The summed E-state index contributed by atoms with van der Waals surface area (Å²) >= 11 is 0. The third kappa shape index (κ3) is 2.70. The molecule has 1 saturated carbocycles. The Morgan fingerprint density at radius 3 is 2.47 bits per heavy atom. The van der Waals surface area contributed by atoms with Gasteiger partial charge in [-0.05, 0) is 39.5 Å². The molecule has 1 unspecified atom stereocenters. The van der Waals surface area contributed by atoms with Crippen molar-refractivity contribution in [3.63, 3.8) is 0 Å². The van der Waals surface area contributed by atoms with Gasteiger partial charge >= 0.3 is 0 Å². The molecule has 1 atom stereocenters. The van der Waals surface area contributed by atoms with Gasteiger partial charge in [-0.15, -0.1) is 0 Å². The highest BCUT2D eigenvalue weighted by atomic mass is 32.2. The van der Waals surface area contributed by atoms with Crippen LogP contribution in [-0.2, 0) is 16.6 Å².